The largest absolute Gasteiger partial charge is 0.381 e. The second-order valence-electron chi connectivity index (χ2n) is 5.22. The number of hydrogen-bond donors (Lipinski definition) is 0. The van der Waals surface area contributed by atoms with Gasteiger partial charge in [0.05, 0.1) is 23.3 Å². The SMILES string of the molecule is COC1CCN(c2cc(C#N)c3cc(Cl)ccc3n2)CC1. The molecule has 1 aliphatic rings. The van der Waals surface area contributed by atoms with E-state index >= 15 is 0 Å². The summed E-state index contributed by atoms with van der Waals surface area (Å²) in [7, 11) is 1.76. The molecule has 0 N–H and O–H groups in total. The lowest BCUT2D eigenvalue weighted by Crippen LogP contribution is -2.37. The van der Waals surface area contributed by atoms with Gasteiger partial charge in [0, 0.05) is 30.6 Å². The van der Waals surface area contributed by atoms with Gasteiger partial charge in [0.1, 0.15) is 5.82 Å². The monoisotopic (exact) mass is 301 g/mol. The molecule has 108 valence electrons. The molecular formula is C16H16ClN3O. The van der Waals surface area contributed by atoms with Gasteiger partial charge in [-0.05, 0) is 37.1 Å². The highest BCUT2D eigenvalue weighted by Gasteiger charge is 2.20. The van der Waals surface area contributed by atoms with Gasteiger partial charge in [-0.1, -0.05) is 11.6 Å². The molecule has 1 aromatic carbocycles. The Hall–Kier alpha value is -1.83. The minimum Gasteiger partial charge on any atom is -0.381 e. The molecule has 4 nitrogen and oxygen atoms in total. The third-order valence-corrected chi connectivity index (χ3v) is 4.21. The smallest absolute Gasteiger partial charge is 0.130 e. The molecular weight excluding hydrogens is 286 g/mol. The van der Waals surface area contributed by atoms with E-state index in [2.05, 4.69) is 16.0 Å². The molecule has 0 amide bonds. The Morgan fingerprint density at radius 1 is 1.33 bits per heavy atom. The van der Waals surface area contributed by atoms with Crippen LogP contribution in [0.5, 0.6) is 0 Å². The van der Waals surface area contributed by atoms with Crippen LogP contribution in [-0.2, 0) is 4.74 Å². The van der Waals surface area contributed by atoms with Crippen molar-refractivity contribution in [3.63, 3.8) is 0 Å². The Balaban J connectivity index is 1.97. The van der Waals surface area contributed by atoms with E-state index in [4.69, 9.17) is 16.3 Å². The number of nitriles is 1. The summed E-state index contributed by atoms with van der Waals surface area (Å²) in [6.07, 6.45) is 2.30. The van der Waals surface area contributed by atoms with Crippen molar-refractivity contribution >= 4 is 28.3 Å². The van der Waals surface area contributed by atoms with Gasteiger partial charge in [0.25, 0.3) is 0 Å². The van der Waals surface area contributed by atoms with Crippen molar-refractivity contribution in [1.82, 2.24) is 4.98 Å². The summed E-state index contributed by atoms with van der Waals surface area (Å²) < 4.78 is 5.39. The molecule has 0 spiro atoms. The first-order valence-corrected chi connectivity index (χ1v) is 7.37. The van der Waals surface area contributed by atoms with Crippen molar-refractivity contribution < 1.29 is 4.74 Å². The number of rotatable bonds is 2. The molecule has 0 unspecified atom stereocenters. The molecule has 0 radical (unpaired) electrons. The maximum atomic E-state index is 9.37. The lowest BCUT2D eigenvalue weighted by atomic mass is 10.1. The Labute approximate surface area is 128 Å². The van der Waals surface area contributed by atoms with E-state index in [0.717, 1.165) is 42.7 Å². The predicted molar refractivity (Wildman–Crippen MR) is 83.7 cm³/mol. The predicted octanol–water partition coefficient (Wildman–Crippen LogP) is 3.38. The lowest BCUT2D eigenvalue weighted by molar-refractivity contribution is 0.0818. The van der Waals surface area contributed by atoms with Crippen LogP contribution >= 0.6 is 11.6 Å². The number of hydrogen-bond acceptors (Lipinski definition) is 4. The summed E-state index contributed by atoms with van der Waals surface area (Å²) in [6.45, 7) is 1.80. The Kier molecular flexibility index (Phi) is 3.96. The van der Waals surface area contributed by atoms with E-state index in [0.29, 0.717) is 16.7 Å². The van der Waals surface area contributed by atoms with Crippen LogP contribution in [-0.4, -0.2) is 31.3 Å². The van der Waals surface area contributed by atoms with Crippen LogP contribution in [0.25, 0.3) is 10.9 Å². The number of pyridine rings is 1. The second-order valence-corrected chi connectivity index (χ2v) is 5.66. The Morgan fingerprint density at radius 2 is 2.10 bits per heavy atom. The first-order chi connectivity index (χ1) is 10.2. The van der Waals surface area contributed by atoms with Crippen LogP contribution in [0.15, 0.2) is 24.3 Å². The van der Waals surface area contributed by atoms with Gasteiger partial charge in [-0.3, -0.25) is 0 Å². The topological polar surface area (TPSA) is 49.1 Å². The molecule has 2 aromatic rings. The van der Waals surface area contributed by atoms with Crippen molar-refractivity contribution in [2.75, 3.05) is 25.1 Å². The number of ether oxygens (including phenoxy) is 1. The molecule has 3 rings (SSSR count). The zero-order valence-corrected chi connectivity index (χ0v) is 12.6. The quantitative estimate of drug-likeness (QED) is 0.853. The number of nitrogens with zero attached hydrogens (tertiary/aromatic N) is 3. The molecule has 1 aliphatic heterocycles. The molecule has 1 aromatic heterocycles. The Bertz CT molecular complexity index is 702. The van der Waals surface area contributed by atoms with Crippen LogP contribution in [0.1, 0.15) is 18.4 Å². The van der Waals surface area contributed by atoms with Gasteiger partial charge in [-0.2, -0.15) is 5.26 Å². The summed E-state index contributed by atoms with van der Waals surface area (Å²) in [5.41, 5.74) is 1.42. The highest BCUT2D eigenvalue weighted by atomic mass is 35.5. The molecule has 0 atom stereocenters. The molecule has 2 heterocycles. The number of aromatic nitrogens is 1. The molecule has 0 saturated carbocycles. The lowest BCUT2D eigenvalue weighted by Gasteiger charge is -2.32. The molecule has 0 bridgehead atoms. The second kappa shape index (κ2) is 5.88. The molecule has 21 heavy (non-hydrogen) atoms. The van der Waals surface area contributed by atoms with Gasteiger partial charge in [0.2, 0.25) is 0 Å². The van der Waals surface area contributed by atoms with Crippen LogP contribution in [0, 0.1) is 11.3 Å². The highest BCUT2D eigenvalue weighted by Crippen LogP contribution is 2.27. The summed E-state index contributed by atoms with van der Waals surface area (Å²) in [5.74, 6) is 0.857. The van der Waals surface area contributed by atoms with Crippen LogP contribution in [0.3, 0.4) is 0 Å². The fraction of sp³-hybridized carbons (Fsp3) is 0.375. The van der Waals surface area contributed by atoms with Crippen molar-refractivity contribution in [2.24, 2.45) is 0 Å². The number of benzene rings is 1. The maximum absolute atomic E-state index is 9.37. The highest BCUT2D eigenvalue weighted by molar-refractivity contribution is 6.31. The first kappa shape index (κ1) is 14.1. The third kappa shape index (κ3) is 2.80. The van der Waals surface area contributed by atoms with Gasteiger partial charge in [-0.25, -0.2) is 4.98 Å². The zero-order valence-electron chi connectivity index (χ0n) is 11.8. The molecule has 5 heteroatoms. The summed E-state index contributed by atoms with van der Waals surface area (Å²) in [6, 6.07) is 9.56. The van der Waals surface area contributed by atoms with E-state index < -0.39 is 0 Å². The minimum absolute atomic E-state index is 0.330. The average Bonchev–Trinajstić information content (AvgIpc) is 2.54. The van der Waals surface area contributed by atoms with Crippen LogP contribution in [0.4, 0.5) is 5.82 Å². The van der Waals surface area contributed by atoms with Crippen LogP contribution < -0.4 is 4.90 Å². The van der Waals surface area contributed by atoms with E-state index in [1.54, 1.807) is 19.2 Å². The van der Waals surface area contributed by atoms with Crippen molar-refractivity contribution in [3.8, 4) is 6.07 Å². The molecule has 0 aliphatic carbocycles. The average molecular weight is 302 g/mol. The first-order valence-electron chi connectivity index (χ1n) is 6.99. The van der Waals surface area contributed by atoms with Gasteiger partial charge >= 0.3 is 0 Å². The fourth-order valence-electron chi connectivity index (χ4n) is 2.76. The van der Waals surface area contributed by atoms with Crippen molar-refractivity contribution in [1.29, 1.82) is 5.26 Å². The van der Waals surface area contributed by atoms with E-state index in [1.165, 1.54) is 0 Å². The van der Waals surface area contributed by atoms with E-state index in [9.17, 15) is 5.26 Å². The van der Waals surface area contributed by atoms with Gasteiger partial charge in [0.15, 0.2) is 0 Å². The number of methoxy groups -OCH3 is 1. The summed E-state index contributed by atoms with van der Waals surface area (Å²) in [5, 5.41) is 10.8. The minimum atomic E-state index is 0.330. The number of halogens is 1. The number of piperidine rings is 1. The summed E-state index contributed by atoms with van der Waals surface area (Å²) in [4.78, 5) is 6.89. The normalized spacial score (nSPS) is 16.1. The summed E-state index contributed by atoms with van der Waals surface area (Å²) >= 11 is 6.01. The number of fused-ring (bicyclic) bond motifs is 1. The molecule has 1 fully saturated rings. The van der Waals surface area contributed by atoms with E-state index in [-0.39, 0.29) is 0 Å². The fourth-order valence-corrected chi connectivity index (χ4v) is 2.93. The zero-order chi connectivity index (χ0) is 14.8. The van der Waals surface area contributed by atoms with Gasteiger partial charge in [-0.15, -0.1) is 0 Å². The van der Waals surface area contributed by atoms with Crippen LogP contribution in [0.2, 0.25) is 5.02 Å². The molecule has 1 saturated heterocycles. The Morgan fingerprint density at radius 3 is 2.76 bits per heavy atom. The van der Waals surface area contributed by atoms with E-state index in [1.807, 2.05) is 12.1 Å². The van der Waals surface area contributed by atoms with Crippen molar-refractivity contribution in [3.05, 3.63) is 34.9 Å². The van der Waals surface area contributed by atoms with Crippen molar-refractivity contribution in [2.45, 2.75) is 18.9 Å². The standard InChI is InChI=1S/C16H16ClN3O/c1-21-13-4-6-20(7-5-13)16-8-11(10-18)14-9-12(17)2-3-15(14)19-16/h2-3,8-9,13H,4-7H2,1H3. The van der Waals surface area contributed by atoms with Gasteiger partial charge < -0.3 is 9.64 Å². The third-order valence-electron chi connectivity index (χ3n) is 3.98. The maximum Gasteiger partial charge on any atom is 0.130 e. The number of anilines is 1.